The molecule has 136 valence electrons. The van der Waals surface area contributed by atoms with Gasteiger partial charge in [-0.3, -0.25) is 19.8 Å². The fraction of sp³-hybridized carbons (Fsp3) is 0.579. The highest BCUT2D eigenvalue weighted by molar-refractivity contribution is 8.01. The van der Waals surface area contributed by atoms with E-state index in [4.69, 9.17) is 5.73 Å². The van der Waals surface area contributed by atoms with E-state index in [9.17, 15) is 9.59 Å². The van der Waals surface area contributed by atoms with Crippen LogP contribution in [0.5, 0.6) is 0 Å². The van der Waals surface area contributed by atoms with Crippen LogP contribution in [0.4, 0.5) is 5.69 Å². The molecule has 1 saturated carbocycles. The van der Waals surface area contributed by atoms with Crippen molar-refractivity contribution in [1.82, 2.24) is 5.32 Å². The Morgan fingerprint density at radius 2 is 1.88 bits per heavy atom. The van der Waals surface area contributed by atoms with Crippen LogP contribution in [0.2, 0.25) is 0 Å². The van der Waals surface area contributed by atoms with Crippen LogP contribution in [0.25, 0.3) is 0 Å². The molecule has 2 fully saturated rings. The molecule has 1 aliphatic heterocycles. The number of nitrogens with one attached hydrogen (secondary N) is 1. The summed E-state index contributed by atoms with van der Waals surface area (Å²) in [7, 11) is 0. The summed E-state index contributed by atoms with van der Waals surface area (Å²) in [5.74, 6) is -0.444. The van der Waals surface area contributed by atoms with Crippen LogP contribution < -0.4 is 16.0 Å². The van der Waals surface area contributed by atoms with Gasteiger partial charge in [0.05, 0.1) is 10.9 Å². The number of hydrogen-bond donors (Lipinski definition) is 2. The number of aryl methyl sites for hydroxylation is 2. The van der Waals surface area contributed by atoms with E-state index in [0.29, 0.717) is 6.04 Å². The van der Waals surface area contributed by atoms with Crippen molar-refractivity contribution < 1.29 is 9.59 Å². The zero-order valence-electron chi connectivity index (χ0n) is 15.0. The number of nitrogens with zero attached hydrogens (tertiary/aromatic N) is 1. The summed E-state index contributed by atoms with van der Waals surface area (Å²) >= 11 is 1.53. The molecule has 2 aliphatic rings. The molecule has 0 aromatic heterocycles. The lowest BCUT2D eigenvalue weighted by Gasteiger charge is -2.32. The van der Waals surface area contributed by atoms with E-state index in [1.165, 1.54) is 31.0 Å². The van der Waals surface area contributed by atoms with E-state index in [2.05, 4.69) is 5.32 Å². The first-order valence-electron chi connectivity index (χ1n) is 9.06. The summed E-state index contributed by atoms with van der Waals surface area (Å²) in [5, 5.41) is 3.27. The van der Waals surface area contributed by atoms with Crippen molar-refractivity contribution >= 4 is 29.3 Å². The maximum atomic E-state index is 13.1. The van der Waals surface area contributed by atoms with Crippen LogP contribution >= 0.6 is 11.8 Å². The Morgan fingerprint density at radius 1 is 1.24 bits per heavy atom. The molecular weight excluding hydrogens is 334 g/mol. The third kappa shape index (κ3) is 4.01. The highest BCUT2D eigenvalue weighted by atomic mass is 32.2. The summed E-state index contributed by atoms with van der Waals surface area (Å²) in [4.78, 5) is 26.3. The van der Waals surface area contributed by atoms with Crippen molar-refractivity contribution in [3.05, 3.63) is 29.3 Å². The number of thioether (sulfide) groups is 1. The SMILES string of the molecule is Cc1cccc(C)c1N1C(=O)C(CC(N)=O)SC1NC1CCCCC1. The predicted molar refractivity (Wildman–Crippen MR) is 102 cm³/mol. The third-order valence-corrected chi connectivity index (χ3v) is 6.39. The highest BCUT2D eigenvalue weighted by Crippen LogP contribution is 2.39. The molecule has 1 heterocycles. The van der Waals surface area contributed by atoms with Gasteiger partial charge in [0.15, 0.2) is 0 Å². The summed E-state index contributed by atoms with van der Waals surface area (Å²) in [5.41, 5.74) is 8.33. The Hall–Kier alpha value is -1.53. The largest absolute Gasteiger partial charge is 0.370 e. The molecule has 5 nitrogen and oxygen atoms in total. The second kappa shape index (κ2) is 7.79. The lowest BCUT2D eigenvalue weighted by Crippen LogP contribution is -2.48. The fourth-order valence-electron chi connectivity index (χ4n) is 3.86. The van der Waals surface area contributed by atoms with Gasteiger partial charge in [-0.05, 0) is 37.8 Å². The monoisotopic (exact) mass is 361 g/mol. The molecule has 2 atom stereocenters. The topological polar surface area (TPSA) is 75.4 Å². The van der Waals surface area contributed by atoms with Gasteiger partial charge >= 0.3 is 0 Å². The molecule has 1 aromatic carbocycles. The first-order valence-corrected chi connectivity index (χ1v) is 10.0. The average molecular weight is 362 g/mol. The van der Waals surface area contributed by atoms with Gasteiger partial charge < -0.3 is 5.73 Å². The molecule has 2 unspecified atom stereocenters. The van der Waals surface area contributed by atoms with E-state index in [1.807, 2.05) is 36.9 Å². The first-order chi connectivity index (χ1) is 12.0. The lowest BCUT2D eigenvalue weighted by molar-refractivity contribution is -0.122. The zero-order chi connectivity index (χ0) is 18.0. The number of benzene rings is 1. The van der Waals surface area contributed by atoms with Crippen LogP contribution in [-0.2, 0) is 9.59 Å². The minimum absolute atomic E-state index is 0.0190. The number of para-hydroxylation sites is 1. The van der Waals surface area contributed by atoms with Gasteiger partial charge in [0.25, 0.3) is 0 Å². The maximum absolute atomic E-state index is 13.1. The van der Waals surface area contributed by atoms with Crippen LogP contribution in [0, 0.1) is 13.8 Å². The Kier molecular flexibility index (Phi) is 5.69. The first kappa shape index (κ1) is 18.3. The summed E-state index contributed by atoms with van der Waals surface area (Å²) in [6, 6.07) is 6.49. The third-order valence-electron chi connectivity index (χ3n) is 5.09. The van der Waals surface area contributed by atoms with Gasteiger partial charge in [-0.1, -0.05) is 37.5 Å². The molecule has 1 aliphatic carbocycles. The molecule has 0 bridgehead atoms. The number of amides is 2. The molecule has 25 heavy (non-hydrogen) atoms. The van der Waals surface area contributed by atoms with Gasteiger partial charge in [0.1, 0.15) is 5.50 Å². The molecule has 6 heteroatoms. The smallest absolute Gasteiger partial charge is 0.242 e. The Balaban J connectivity index is 1.89. The van der Waals surface area contributed by atoms with Crippen molar-refractivity contribution in [3.63, 3.8) is 0 Å². The van der Waals surface area contributed by atoms with Gasteiger partial charge in [-0.25, -0.2) is 0 Å². The van der Waals surface area contributed by atoms with Crippen LogP contribution in [0.1, 0.15) is 49.7 Å². The Bertz CT molecular complexity index is 638. The number of nitrogens with two attached hydrogens (primary N) is 1. The molecular formula is C19H27N3O2S. The minimum Gasteiger partial charge on any atom is -0.370 e. The second-order valence-corrected chi connectivity index (χ2v) is 8.39. The van der Waals surface area contributed by atoms with Crippen LogP contribution in [0.3, 0.4) is 0 Å². The number of anilines is 1. The summed E-state index contributed by atoms with van der Waals surface area (Å²) in [6.45, 7) is 4.05. The van der Waals surface area contributed by atoms with Crippen molar-refractivity contribution in [1.29, 1.82) is 0 Å². The van der Waals surface area contributed by atoms with Crippen molar-refractivity contribution in [2.75, 3.05) is 4.90 Å². The van der Waals surface area contributed by atoms with E-state index < -0.39 is 11.2 Å². The standard InChI is InChI=1S/C19H27N3O2S/c1-12-7-6-8-13(2)17(12)22-18(24)15(11-16(20)23)25-19(22)21-14-9-4-3-5-10-14/h6-8,14-15,19,21H,3-5,9-11H2,1-2H3,(H2,20,23). The van der Waals surface area contributed by atoms with Crippen molar-refractivity contribution in [3.8, 4) is 0 Å². The molecule has 0 spiro atoms. The number of hydrogen-bond acceptors (Lipinski definition) is 4. The number of rotatable bonds is 5. The van der Waals surface area contributed by atoms with Crippen molar-refractivity contribution in [2.45, 2.75) is 69.2 Å². The van der Waals surface area contributed by atoms with Gasteiger partial charge in [0.2, 0.25) is 11.8 Å². The van der Waals surface area contributed by atoms with Crippen LogP contribution in [-0.4, -0.2) is 28.6 Å². The van der Waals surface area contributed by atoms with Crippen LogP contribution in [0.15, 0.2) is 18.2 Å². The Morgan fingerprint density at radius 3 is 2.48 bits per heavy atom. The summed E-state index contributed by atoms with van der Waals surface area (Å²) in [6.07, 6.45) is 6.14. The van der Waals surface area contributed by atoms with Gasteiger partial charge in [-0.15, -0.1) is 11.8 Å². The number of carbonyl (C=O) groups is 2. The minimum atomic E-state index is -0.425. The number of primary amides is 1. The maximum Gasteiger partial charge on any atom is 0.242 e. The zero-order valence-corrected chi connectivity index (χ0v) is 15.8. The van der Waals surface area contributed by atoms with E-state index >= 15 is 0 Å². The van der Waals surface area contributed by atoms with E-state index in [0.717, 1.165) is 29.7 Å². The predicted octanol–water partition coefficient (Wildman–Crippen LogP) is 2.83. The fourth-order valence-corrected chi connectivity index (χ4v) is 5.27. The summed E-state index contributed by atoms with van der Waals surface area (Å²) < 4.78 is 0. The quantitative estimate of drug-likeness (QED) is 0.846. The highest BCUT2D eigenvalue weighted by Gasteiger charge is 2.43. The van der Waals surface area contributed by atoms with Crippen molar-refractivity contribution in [2.24, 2.45) is 5.73 Å². The average Bonchev–Trinajstić information content (AvgIpc) is 2.84. The molecule has 2 amide bonds. The molecule has 0 radical (unpaired) electrons. The normalized spacial score (nSPS) is 24.7. The number of carbonyl (C=O) groups excluding carboxylic acids is 2. The molecule has 1 aromatic rings. The van der Waals surface area contributed by atoms with Gasteiger partial charge in [0, 0.05) is 12.5 Å². The second-order valence-electron chi connectivity index (χ2n) is 7.10. The molecule has 1 saturated heterocycles. The lowest BCUT2D eigenvalue weighted by atomic mass is 9.96. The molecule has 3 rings (SSSR count). The van der Waals surface area contributed by atoms with E-state index in [-0.39, 0.29) is 17.8 Å². The Labute approximate surface area is 153 Å². The van der Waals surface area contributed by atoms with Gasteiger partial charge in [-0.2, -0.15) is 0 Å². The molecule has 3 N–H and O–H groups in total. The van der Waals surface area contributed by atoms with E-state index in [1.54, 1.807) is 0 Å².